The van der Waals surface area contributed by atoms with Crippen molar-refractivity contribution >= 4 is 34.2 Å². The van der Waals surface area contributed by atoms with Crippen molar-refractivity contribution < 1.29 is 17.9 Å². The Balaban J connectivity index is 3.20. The Kier molecular flexibility index (Phi) is 4.05. The van der Waals surface area contributed by atoms with Crippen LogP contribution >= 0.6 is 34.2 Å². The van der Waals surface area contributed by atoms with Gasteiger partial charge in [-0.1, -0.05) is 0 Å². The quantitative estimate of drug-likeness (QED) is 0.600. The highest BCUT2D eigenvalue weighted by molar-refractivity contribution is 14.1. The fourth-order valence-corrected chi connectivity index (χ4v) is 1.87. The van der Waals surface area contributed by atoms with Crippen LogP contribution in [-0.2, 0) is 5.88 Å². The summed E-state index contributed by atoms with van der Waals surface area (Å²) in [5, 5.41) is 0. The van der Waals surface area contributed by atoms with Gasteiger partial charge in [0.15, 0.2) is 5.75 Å². The molecule has 1 heterocycles. The monoisotopic (exact) mass is 351 g/mol. The van der Waals surface area contributed by atoms with Gasteiger partial charge in [-0.2, -0.15) is 0 Å². The Labute approximate surface area is 103 Å². The largest absolute Gasteiger partial charge is 0.573 e. The molecular weight excluding hydrogens is 345 g/mol. The van der Waals surface area contributed by atoms with Gasteiger partial charge in [0.2, 0.25) is 0 Å². The summed E-state index contributed by atoms with van der Waals surface area (Å²) in [7, 11) is 0. The second kappa shape index (κ2) is 4.73. The topological polar surface area (TPSA) is 22.1 Å². The number of alkyl halides is 4. The van der Waals surface area contributed by atoms with E-state index in [4.69, 9.17) is 11.6 Å². The summed E-state index contributed by atoms with van der Waals surface area (Å²) in [6.07, 6.45) is -3.40. The van der Waals surface area contributed by atoms with Crippen LogP contribution in [-0.4, -0.2) is 11.3 Å². The van der Waals surface area contributed by atoms with Crippen molar-refractivity contribution in [2.75, 3.05) is 0 Å². The van der Waals surface area contributed by atoms with Gasteiger partial charge in [-0.15, -0.1) is 24.8 Å². The molecule has 0 aromatic carbocycles. The first-order chi connectivity index (χ1) is 6.85. The maximum absolute atomic E-state index is 12.1. The van der Waals surface area contributed by atoms with Crippen molar-refractivity contribution in [3.8, 4) is 5.75 Å². The molecule has 0 fully saturated rings. The summed E-state index contributed by atoms with van der Waals surface area (Å²) in [6, 6.07) is 0. The lowest BCUT2D eigenvalue weighted by Crippen LogP contribution is -2.19. The maximum Gasteiger partial charge on any atom is 0.573 e. The maximum atomic E-state index is 12.1. The molecule has 0 atom stereocenters. The first-order valence-corrected chi connectivity index (χ1v) is 5.42. The van der Waals surface area contributed by atoms with Crippen LogP contribution in [0.3, 0.4) is 0 Å². The molecule has 0 saturated carbocycles. The SMILES string of the molecule is Cc1ncc(I)c(OC(F)(F)F)c1CCl. The van der Waals surface area contributed by atoms with Crippen LogP contribution in [0.15, 0.2) is 6.20 Å². The zero-order valence-corrected chi connectivity index (χ0v) is 10.4. The lowest BCUT2D eigenvalue weighted by Gasteiger charge is -2.14. The van der Waals surface area contributed by atoms with Crippen LogP contribution in [0.5, 0.6) is 5.75 Å². The van der Waals surface area contributed by atoms with E-state index in [0.717, 1.165) is 0 Å². The third kappa shape index (κ3) is 3.37. The van der Waals surface area contributed by atoms with Gasteiger partial charge in [-0.25, -0.2) is 0 Å². The minimum atomic E-state index is -4.71. The van der Waals surface area contributed by atoms with Gasteiger partial charge >= 0.3 is 6.36 Å². The van der Waals surface area contributed by atoms with E-state index >= 15 is 0 Å². The molecule has 0 aliphatic carbocycles. The van der Waals surface area contributed by atoms with E-state index in [1.54, 1.807) is 29.5 Å². The molecule has 1 aromatic heterocycles. The van der Waals surface area contributed by atoms with Gasteiger partial charge in [0.25, 0.3) is 0 Å². The Morgan fingerprint density at radius 1 is 1.53 bits per heavy atom. The van der Waals surface area contributed by atoms with Crippen LogP contribution < -0.4 is 4.74 Å². The lowest BCUT2D eigenvalue weighted by molar-refractivity contribution is -0.275. The minimum absolute atomic E-state index is 0.0684. The summed E-state index contributed by atoms with van der Waals surface area (Å²) < 4.78 is 40.4. The molecule has 0 unspecified atom stereocenters. The smallest absolute Gasteiger partial charge is 0.404 e. The molecule has 0 aliphatic rings. The molecule has 0 spiro atoms. The fourth-order valence-electron chi connectivity index (χ4n) is 0.982. The van der Waals surface area contributed by atoms with Crippen molar-refractivity contribution in [1.82, 2.24) is 4.98 Å². The number of nitrogens with zero attached hydrogens (tertiary/aromatic N) is 1. The molecule has 7 heteroatoms. The predicted octanol–water partition coefficient (Wildman–Crippen LogP) is 3.63. The van der Waals surface area contributed by atoms with Gasteiger partial charge in [0, 0.05) is 17.5 Å². The molecule has 15 heavy (non-hydrogen) atoms. The van der Waals surface area contributed by atoms with E-state index in [2.05, 4.69) is 9.72 Å². The summed E-state index contributed by atoms with van der Waals surface area (Å²) in [4.78, 5) is 3.90. The van der Waals surface area contributed by atoms with Gasteiger partial charge in [0.1, 0.15) is 0 Å². The number of hydrogen-bond acceptors (Lipinski definition) is 2. The Hall–Kier alpha value is -0.240. The summed E-state index contributed by atoms with van der Waals surface area (Å²) in [6.45, 7) is 1.58. The van der Waals surface area contributed by atoms with Gasteiger partial charge in [0.05, 0.1) is 9.45 Å². The number of halogens is 5. The van der Waals surface area contributed by atoms with Crippen LogP contribution in [0, 0.1) is 10.5 Å². The summed E-state index contributed by atoms with van der Waals surface area (Å²) >= 11 is 7.27. The van der Waals surface area contributed by atoms with Crippen LogP contribution in [0.25, 0.3) is 0 Å². The van der Waals surface area contributed by atoms with Crippen LogP contribution in [0.2, 0.25) is 0 Å². The number of aromatic nitrogens is 1. The summed E-state index contributed by atoms with van der Waals surface area (Å²) in [5.74, 6) is -0.327. The first-order valence-electron chi connectivity index (χ1n) is 3.81. The molecule has 0 bridgehead atoms. The van der Waals surface area contributed by atoms with Gasteiger partial charge in [-0.3, -0.25) is 4.98 Å². The minimum Gasteiger partial charge on any atom is -0.404 e. The molecular formula is C8H6ClF3INO. The number of pyridine rings is 1. The Morgan fingerprint density at radius 3 is 2.60 bits per heavy atom. The zero-order chi connectivity index (χ0) is 11.6. The average Bonchev–Trinajstić information content (AvgIpc) is 2.10. The number of ether oxygens (including phenoxy) is 1. The van der Waals surface area contributed by atoms with E-state index in [0.29, 0.717) is 5.69 Å². The van der Waals surface area contributed by atoms with E-state index in [9.17, 15) is 13.2 Å². The van der Waals surface area contributed by atoms with Crippen LogP contribution in [0.4, 0.5) is 13.2 Å². The van der Waals surface area contributed by atoms with E-state index < -0.39 is 6.36 Å². The molecule has 0 aliphatic heterocycles. The van der Waals surface area contributed by atoms with E-state index in [1.165, 1.54) is 6.20 Å². The van der Waals surface area contributed by atoms with Crippen molar-refractivity contribution in [2.45, 2.75) is 19.2 Å². The molecule has 2 nitrogen and oxygen atoms in total. The highest BCUT2D eigenvalue weighted by Gasteiger charge is 2.33. The van der Waals surface area contributed by atoms with Gasteiger partial charge in [-0.05, 0) is 29.5 Å². The molecule has 0 radical (unpaired) electrons. The highest BCUT2D eigenvalue weighted by atomic mass is 127. The third-order valence-corrected chi connectivity index (χ3v) is 2.69. The molecule has 1 aromatic rings. The van der Waals surface area contributed by atoms with Crippen molar-refractivity contribution in [3.63, 3.8) is 0 Å². The summed E-state index contributed by atoms with van der Waals surface area (Å²) in [5.41, 5.74) is 0.700. The molecule has 1 rings (SSSR count). The Bertz CT molecular complexity index is 370. The Morgan fingerprint density at radius 2 is 2.13 bits per heavy atom. The van der Waals surface area contributed by atoms with Crippen LogP contribution in [0.1, 0.15) is 11.3 Å². The number of aryl methyl sites for hydroxylation is 1. The lowest BCUT2D eigenvalue weighted by atomic mass is 10.2. The van der Waals surface area contributed by atoms with Gasteiger partial charge < -0.3 is 4.74 Å². The zero-order valence-electron chi connectivity index (χ0n) is 7.53. The van der Waals surface area contributed by atoms with Crippen molar-refractivity contribution in [2.24, 2.45) is 0 Å². The van der Waals surface area contributed by atoms with E-state index in [1.807, 2.05) is 0 Å². The second-order valence-corrected chi connectivity index (χ2v) is 4.11. The molecule has 0 saturated heterocycles. The number of hydrogen-bond donors (Lipinski definition) is 0. The standard InChI is InChI=1S/C8H6ClF3INO/c1-4-5(2-9)7(6(13)3-14-4)15-8(10,11)12/h3H,2H2,1H3. The highest BCUT2D eigenvalue weighted by Crippen LogP contribution is 2.32. The first kappa shape index (κ1) is 12.8. The second-order valence-electron chi connectivity index (χ2n) is 2.68. The van der Waals surface area contributed by atoms with Crippen molar-refractivity contribution in [3.05, 3.63) is 21.0 Å². The predicted molar refractivity (Wildman–Crippen MR) is 57.9 cm³/mol. The molecule has 84 valence electrons. The fraction of sp³-hybridized carbons (Fsp3) is 0.375. The molecule has 0 N–H and O–H groups in total. The number of rotatable bonds is 2. The van der Waals surface area contributed by atoms with Crippen molar-refractivity contribution in [1.29, 1.82) is 0 Å². The normalized spacial score (nSPS) is 11.6. The molecule has 0 amide bonds. The third-order valence-electron chi connectivity index (χ3n) is 1.65. The van der Waals surface area contributed by atoms with E-state index in [-0.39, 0.29) is 20.8 Å². The average molecular weight is 351 g/mol.